The van der Waals surface area contributed by atoms with Crippen molar-refractivity contribution in [3.63, 3.8) is 0 Å². The monoisotopic (exact) mass is 252 g/mol. The highest BCUT2D eigenvalue weighted by Crippen LogP contribution is 2.19. The molecule has 0 unspecified atom stereocenters. The van der Waals surface area contributed by atoms with E-state index in [4.69, 9.17) is 4.42 Å². The van der Waals surface area contributed by atoms with Gasteiger partial charge in [0, 0.05) is 32.5 Å². The minimum Gasteiger partial charge on any atom is -0.472 e. The second-order valence-electron chi connectivity index (χ2n) is 4.47. The molecule has 1 aromatic rings. The standard InChI is InChI=1S/C12H16N2O4/c1-8(16)13-11-5-14(4-10(11)6-15)12(17)9-2-3-18-7-9/h2-3,7,10-11,15H,4-6H2,1H3,(H,13,16)/t10-,11+/m0/s1. The molecule has 0 aliphatic carbocycles. The third kappa shape index (κ3) is 2.53. The fourth-order valence-electron chi connectivity index (χ4n) is 2.22. The molecule has 2 atom stereocenters. The number of carbonyl (C=O) groups excluding carboxylic acids is 2. The molecule has 6 heteroatoms. The number of aliphatic hydroxyl groups excluding tert-OH is 1. The van der Waals surface area contributed by atoms with Crippen LogP contribution in [0.4, 0.5) is 0 Å². The lowest BCUT2D eigenvalue weighted by atomic mass is 10.1. The zero-order valence-electron chi connectivity index (χ0n) is 10.1. The van der Waals surface area contributed by atoms with E-state index in [1.54, 1.807) is 11.0 Å². The summed E-state index contributed by atoms with van der Waals surface area (Å²) in [5, 5.41) is 12.0. The van der Waals surface area contributed by atoms with Crippen LogP contribution >= 0.6 is 0 Å². The van der Waals surface area contributed by atoms with Crippen molar-refractivity contribution in [2.75, 3.05) is 19.7 Å². The van der Waals surface area contributed by atoms with Crippen LogP contribution in [0.1, 0.15) is 17.3 Å². The van der Waals surface area contributed by atoms with Gasteiger partial charge in [0.2, 0.25) is 5.91 Å². The lowest BCUT2D eigenvalue weighted by Crippen LogP contribution is -2.40. The Morgan fingerprint density at radius 3 is 2.89 bits per heavy atom. The first-order valence-corrected chi connectivity index (χ1v) is 5.81. The van der Waals surface area contributed by atoms with Gasteiger partial charge in [-0.05, 0) is 6.07 Å². The van der Waals surface area contributed by atoms with E-state index in [0.29, 0.717) is 18.7 Å². The van der Waals surface area contributed by atoms with E-state index in [0.717, 1.165) is 0 Å². The first kappa shape index (κ1) is 12.6. The topological polar surface area (TPSA) is 82.8 Å². The fraction of sp³-hybridized carbons (Fsp3) is 0.500. The number of furan rings is 1. The molecular weight excluding hydrogens is 236 g/mol. The number of carbonyl (C=O) groups is 2. The Bertz CT molecular complexity index is 429. The van der Waals surface area contributed by atoms with E-state index in [1.165, 1.54) is 19.5 Å². The summed E-state index contributed by atoms with van der Waals surface area (Å²) in [6.07, 6.45) is 2.83. The van der Waals surface area contributed by atoms with Crippen LogP contribution in [0.2, 0.25) is 0 Å². The molecule has 98 valence electrons. The number of hydrogen-bond donors (Lipinski definition) is 2. The maximum Gasteiger partial charge on any atom is 0.257 e. The molecule has 2 N–H and O–H groups in total. The van der Waals surface area contributed by atoms with Gasteiger partial charge in [-0.1, -0.05) is 0 Å². The molecule has 1 fully saturated rings. The van der Waals surface area contributed by atoms with Gasteiger partial charge in [0.05, 0.1) is 17.9 Å². The average molecular weight is 252 g/mol. The van der Waals surface area contributed by atoms with E-state index >= 15 is 0 Å². The third-order valence-electron chi connectivity index (χ3n) is 3.12. The summed E-state index contributed by atoms with van der Waals surface area (Å²) in [6, 6.07) is 1.41. The van der Waals surface area contributed by atoms with Crippen molar-refractivity contribution in [3.05, 3.63) is 24.2 Å². The summed E-state index contributed by atoms with van der Waals surface area (Å²) in [5.74, 6) is -0.420. The molecule has 0 aromatic carbocycles. The van der Waals surface area contributed by atoms with Crippen LogP contribution < -0.4 is 5.32 Å². The molecule has 0 saturated carbocycles. The van der Waals surface area contributed by atoms with Gasteiger partial charge in [0.1, 0.15) is 6.26 Å². The number of nitrogens with one attached hydrogen (secondary N) is 1. The number of hydrogen-bond acceptors (Lipinski definition) is 4. The van der Waals surface area contributed by atoms with Crippen LogP contribution in [-0.4, -0.2) is 47.6 Å². The Morgan fingerprint density at radius 2 is 2.33 bits per heavy atom. The van der Waals surface area contributed by atoms with Gasteiger partial charge >= 0.3 is 0 Å². The van der Waals surface area contributed by atoms with Crippen molar-refractivity contribution in [1.82, 2.24) is 10.2 Å². The molecule has 1 aromatic heterocycles. The number of rotatable bonds is 3. The Hall–Kier alpha value is -1.82. The van der Waals surface area contributed by atoms with Gasteiger partial charge in [-0.15, -0.1) is 0 Å². The minimum atomic E-state index is -0.191. The van der Waals surface area contributed by atoms with E-state index < -0.39 is 0 Å². The number of aliphatic hydroxyl groups is 1. The number of nitrogens with zero attached hydrogens (tertiary/aromatic N) is 1. The molecule has 18 heavy (non-hydrogen) atoms. The second kappa shape index (κ2) is 5.22. The molecule has 0 spiro atoms. The van der Waals surface area contributed by atoms with Crippen molar-refractivity contribution in [3.8, 4) is 0 Å². The Labute approximate surface area is 105 Å². The van der Waals surface area contributed by atoms with E-state index in [1.807, 2.05) is 0 Å². The maximum atomic E-state index is 12.1. The van der Waals surface area contributed by atoms with Crippen LogP contribution in [0.5, 0.6) is 0 Å². The summed E-state index contributed by atoms with van der Waals surface area (Å²) in [5.41, 5.74) is 0.482. The molecule has 2 rings (SSSR count). The molecular formula is C12H16N2O4. The molecule has 2 heterocycles. The Balaban J connectivity index is 2.04. The van der Waals surface area contributed by atoms with Gasteiger partial charge in [-0.25, -0.2) is 0 Å². The molecule has 1 saturated heterocycles. The van der Waals surface area contributed by atoms with Gasteiger partial charge in [-0.3, -0.25) is 9.59 Å². The summed E-state index contributed by atoms with van der Waals surface area (Å²) >= 11 is 0. The van der Waals surface area contributed by atoms with Crippen LogP contribution in [-0.2, 0) is 4.79 Å². The Morgan fingerprint density at radius 1 is 1.56 bits per heavy atom. The molecule has 6 nitrogen and oxygen atoms in total. The summed E-state index contributed by atoms with van der Waals surface area (Å²) in [4.78, 5) is 24.7. The first-order chi connectivity index (χ1) is 8.61. The zero-order chi connectivity index (χ0) is 13.1. The molecule has 2 amide bonds. The first-order valence-electron chi connectivity index (χ1n) is 5.81. The van der Waals surface area contributed by atoms with Crippen LogP contribution in [0.15, 0.2) is 23.0 Å². The summed E-state index contributed by atoms with van der Waals surface area (Å²) in [6.45, 7) is 2.22. The predicted octanol–water partition coefficient (Wildman–Crippen LogP) is -0.151. The van der Waals surface area contributed by atoms with E-state index in [-0.39, 0.29) is 30.4 Å². The SMILES string of the molecule is CC(=O)N[C@@H]1CN(C(=O)c2ccoc2)C[C@H]1CO. The van der Waals surface area contributed by atoms with Gasteiger partial charge < -0.3 is 19.7 Å². The quantitative estimate of drug-likeness (QED) is 0.783. The van der Waals surface area contributed by atoms with Crippen molar-refractivity contribution >= 4 is 11.8 Å². The lowest BCUT2D eigenvalue weighted by Gasteiger charge is -2.16. The molecule has 0 radical (unpaired) electrons. The van der Waals surface area contributed by atoms with E-state index in [2.05, 4.69) is 5.32 Å². The fourth-order valence-corrected chi connectivity index (χ4v) is 2.22. The molecule has 0 bridgehead atoms. The van der Waals surface area contributed by atoms with Crippen molar-refractivity contribution in [2.24, 2.45) is 5.92 Å². The minimum absolute atomic E-state index is 0.0554. The largest absolute Gasteiger partial charge is 0.472 e. The third-order valence-corrected chi connectivity index (χ3v) is 3.12. The van der Waals surface area contributed by atoms with Crippen LogP contribution in [0, 0.1) is 5.92 Å². The van der Waals surface area contributed by atoms with Crippen molar-refractivity contribution < 1.29 is 19.1 Å². The average Bonchev–Trinajstić information content (AvgIpc) is 2.95. The summed E-state index contributed by atoms with van der Waals surface area (Å²) in [7, 11) is 0. The van der Waals surface area contributed by atoms with Gasteiger partial charge in [0.25, 0.3) is 5.91 Å². The Kier molecular flexibility index (Phi) is 3.66. The highest BCUT2D eigenvalue weighted by atomic mass is 16.3. The number of likely N-dealkylation sites (tertiary alicyclic amines) is 1. The zero-order valence-corrected chi connectivity index (χ0v) is 10.1. The lowest BCUT2D eigenvalue weighted by molar-refractivity contribution is -0.119. The van der Waals surface area contributed by atoms with Crippen molar-refractivity contribution in [1.29, 1.82) is 0 Å². The van der Waals surface area contributed by atoms with Crippen LogP contribution in [0.3, 0.4) is 0 Å². The highest BCUT2D eigenvalue weighted by molar-refractivity contribution is 5.94. The predicted molar refractivity (Wildman–Crippen MR) is 62.8 cm³/mol. The van der Waals surface area contributed by atoms with Crippen LogP contribution in [0.25, 0.3) is 0 Å². The van der Waals surface area contributed by atoms with Crippen molar-refractivity contribution in [2.45, 2.75) is 13.0 Å². The molecule has 1 aliphatic heterocycles. The van der Waals surface area contributed by atoms with Gasteiger partial charge in [-0.2, -0.15) is 0 Å². The smallest absolute Gasteiger partial charge is 0.257 e. The van der Waals surface area contributed by atoms with Gasteiger partial charge in [0.15, 0.2) is 0 Å². The molecule has 1 aliphatic rings. The normalized spacial score (nSPS) is 23.1. The second-order valence-corrected chi connectivity index (χ2v) is 4.47. The van der Waals surface area contributed by atoms with E-state index in [9.17, 15) is 14.7 Å². The summed E-state index contributed by atoms with van der Waals surface area (Å²) < 4.78 is 4.87. The highest BCUT2D eigenvalue weighted by Gasteiger charge is 2.35. The maximum absolute atomic E-state index is 12.1. The number of amides is 2.